The van der Waals surface area contributed by atoms with Crippen LogP contribution in [0, 0.1) is 0 Å². The van der Waals surface area contributed by atoms with E-state index in [4.69, 9.17) is 4.42 Å². The monoisotopic (exact) mass is 405 g/mol. The fourth-order valence-corrected chi connectivity index (χ4v) is 3.31. The summed E-state index contributed by atoms with van der Waals surface area (Å²) in [5.74, 6) is 0.493. The van der Waals surface area contributed by atoms with Crippen LogP contribution in [-0.2, 0) is 4.79 Å². The van der Waals surface area contributed by atoms with E-state index >= 15 is 0 Å². The Labute approximate surface area is 176 Å². The largest absolute Gasteiger partial charge is 0.467 e. The highest BCUT2D eigenvalue weighted by molar-refractivity contribution is 5.97. The molecule has 156 valence electrons. The summed E-state index contributed by atoms with van der Waals surface area (Å²) < 4.78 is 5.55. The van der Waals surface area contributed by atoms with Gasteiger partial charge in [-0.25, -0.2) is 0 Å². The highest BCUT2D eigenvalue weighted by Crippen LogP contribution is 2.22. The molecule has 6 heteroatoms. The van der Waals surface area contributed by atoms with E-state index in [-0.39, 0.29) is 24.4 Å². The SMILES string of the molecule is CCN(CC)C(=O)c1cccc(NC(=O)CN[C@@H](c2ccccc2)c2ccco2)c1. The van der Waals surface area contributed by atoms with Crippen LogP contribution in [0.4, 0.5) is 5.69 Å². The third-order valence-electron chi connectivity index (χ3n) is 4.87. The second-order valence-corrected chi connectivity index (χ2v) is 6.85. The first kappa shape index (κ1) is 21.3. The minimum atomic E-state index is -0.234. The van der Waals surface area contributed by atoms with E-state index in [1.54, 1.807) is 35.4 Å². The van der Waals surface area contributed by atoms with Crippen LogP contribution in [0.2, 0.25) is 0 Å². The van der Waals surface area contributed by atoms with Crippen LogP contribution in [0.5, 0.6) is 0 Å². The van der Waals surface area contributed by atoms with E-state index in [0.717, 1.165) is 11.3 Å². The molecule has 0 aliphatic heterocycles. The topological polar surface area (TPSA) is 74.6 Å². The Bertz CT molecular complexity index is 951. The van der Waals surface area contributed by atoms with E-state index in [1.807, 2.05) is 56.3 Å². The zero-order valence-corrected chi connectivity index (χ0v) is 17.3. The first-order valence-electron chi connectivity index (χ1n) is 10.1. The minimum Gasteiger partial charge on any atom is -0.467 e. The summed E-state index contributed by atoms with van der Waals surface area (Å²) in [5, 5.41) is 6.11. The van der Waals surface area contributed by atoms with Crippen molar-refractivity contribution in [2.75, 3.05) is 25.0 Å². The molecular weight excluding hydrogens is 378 g/mol. The van der Waals surface area contributed by atoms with Crippen molar-refractivity contribution < 1.29 is 14.0 Å². The Kier molecular flexibility index (Phi) is 7.40. The lowest BCUT2D eigenvalue weighted by Gasteiger charge is -2.19. The Hall–Kier alpha value is -3.38. The van der Waals surface area contributed by atoms with Gasteiger partial charge in [0.1, 0.15) is 5.76 Å². The number of carbonyl (C=O) groups is 2. The van der Waals surface area contributed by atoms with Crippen LogP contribution in [0.25, 0.3) is 0 Å². The summed E-state index contributed by atoms with van der Waals surface area (Å²) in [4.78, 5) is 26.8. The molecule has 0 aliphatic carbocycles. The molecule has 0 bridgehead atoms. The highest BCUT2D eigenvalue weighted by Gasteiger charge is 2.18. The fraction of sp³-hybridized carbons (Fsp3) is 0.250. The number of hydrogen-bond acceptors (Lipinski definition) is 4. The standard InChI is InChI=1S/C24H27N3O3/c1-3-27(4-2)24(29)19-12-8-13-20(16-19)26-22(28)17-25-23(21-14-9-15-30-21)18-10-6-5-7-11-18/h5-16,23,25H,3-4,17H2,1-2H3,(H,26,28)/t23-/m0/s1. The second kappa shape index (κ2) is 10.4. The van der Waals surface area contributed by atoms with Crippen molar-refractivity contribution in [3.8, 4) is 0 Å². The van der Waals surface area contributed by atoms with Crippen LogP contribution in [-0.4, -0.2) is 36.3 Å². The van der Waals surface area contributed by atoms with Gasteiger partial charge in [0, 0.05) is 24.3 Å². The predicted octanol–water partition coefficient (Wildman–Crippen LogP) is 4.08. The van der Waals surface area contributed by atoms with Crippen molar-refractivity contribution in [1.29, 1.82) is 0 Å². The summed E-state index contributed by atoms with van der Waals surface area (Å²) in [5.41, 5.74) is 2.16. The molecule has 1 atom stereocenters. The average molecular weight is 405 g/mol. The molecule has 0 spiro atoms. The minimum absolute atomic E-state index is 0.0452. The van der Waals surface area contributed by atoms with E-state index in [9.17, 15) is 9.59 Å². The third kappa shape index (κ3) is 5.36. The average Bonchev–Trinajstić information content (AvgIpc) is 3.30. The van der Waals surface area contributed by atoms with Crippen molar-refractivity contribution >= 4 is 17.5 Å². The maximum atomic E-state index is 12.5. The van der Waals surface area contributed by atoms with Gasteiger partial charge in [-0.1, -0.05) is 36.4 Å². The number of hydrogen-bond donors (Lipinski definition) is 2. The van der Waals surface area contributed by atoms with Crippen LogP contribution < -0.4 is 10.6 Å². The van der Waals surface area contributed by atoms with Crippen molar-refractivity contribution in [3.63, 3.8) is 0 Å². The van der Waals surface area contributed by atoms with E-state index in [0.29, 0.717) is 24.3 Å². The second-order valence-electron chi connectivity index (χ2n) is 6.85. The maximum Gasteiger partial charge on any atom is 0.253 e. The third-order valence-corrected chi connectivity index (χ3v) is 4.87. The van der Waals surface area contributed by atoms with E-state index < -0.39 is 0 Å². The van der Waals surface area contributed by atoms with Crippen molar-refractivity contribution in [1.82, 2.24) is 10.2 Å². The first-order chi connectivity index (χ1) is 14.6. The molecule has 2 aromatic carbocycles. The summed E-state index contributed by atoms with van der Waals surface area (Å²) >= 11 is 0. The zero-order valence-electron chi connectivity index (χ0n) is 17.3. The molecule has 0 fully saturated rings. The number of nitrogens with one attached hydrogen (secondary N) is 2. The molecule has 0 saturated heterocycles. The zero-order chi connectivity index (χ0) is 21.3. The van der Waals surface area contributed by atoms with Gasteiger partial charge < -0.3 is 14.6 Å². The summed E-state index contributed by atoms with van der Waals surface area (Å²) in [6.45, 7) is 5.27. The Morgan fingerprint density at radius 1 is 0.967 bits per heavy atom. The number of nitrogens with zero attached hydrogens (tertiary/aromatic N) is 1. The van der Waals surface area contributed by atoms with Crippen molar-refractivity contribution in [2.24, 2.45) is 0 Å². The lowest BCUT2D eigenvalue weighted by atomic mass is 10.0. The normalized spacial score (nSPS) is 11.7. The lowest BCUT2D eigenvalue weighted by Crippen LogP contribution is -2.32. The number of benzene rings is 2. The quantitative estimate of drug-likeness (QED) is 0.563. The Morgan fingerprint density at radius 2 is 1.73 bits per heavy atom. The van der Waals surface area contributed by atoms with Gasteiger partial charge in [-0.05, 0) is 49.7 Å². The van der Waals surface area contributed by atoms with Gasteiger partial charge >= 0.3 is 0 Å². The number of anilines is 1. The van der Waals surface area contributed by atoms with Gasteiger partial charge in [0.25, 0.3) is 5.91 Å². The summed E-state index contributed by atoms with van der Waals surface area (Å²) in [6, 6.07) is 20.3. The lowest BCUT2D eigenvalue weighted by molar-refractivity contribution is -0.115. The molecule has 2 N–H and O–H groups in total. The van der Waals surface area contributed by atoms with Crippen LogP contribution in [0.15, 0.2) is 77.4 Å². The molecule has 0 aliphatic rings. The van der Waals surface area contributed by atoms with Gasteiger partial charge in [-0.15, -0.1) is 0 Å². The van der Waals surface area contributed by atoms with Gasteiger partial charge in [-0.2, -0.15) is 0 Å². The molecule has 0 unspecified atom stereocenters. The van der Waals surface area contributed by atoms with Gasteiger partial charge in [0.2, 0.25) is 5.91 Å². The molecule has 3 rings (SSSR count). The van der Waals surface area contributed by atoms with Gasteiger partial charge in [0.05, 0.1) is 18.8 Å². The summed E-state index contributed by atoms with van der Waals surface area (Å²) in [6.07, 6.45) is 1.62. The summed E-state index contributed by atoms with van der Waals surface area (Å²) in [7, 11) is 0. The number of carbonyl (C=O) groups excluding carboxylic acids is 2. The molecule has 3 aromatic rings. The van der Waals surface area contributed by atoms with E-state index in [2.05, 4.69) is 10.6 Å². The Balaban J connectivity index is 1.65. The van der Waals surface area contributed by atoms with Crippen molar-refractivity contribution in [2.45, 2.75) is 19.9 Å². The number of rotatable bonds is 9. The molecule has 1 aromatic heterocycles. The fourth-order valence-electron chi connectivity index (χ4n) is 3.31. The van der Waals surface area contributed by atoms with Crippen LogP contribution in [0.1, 0.15) is 41.6 Å². The van der Waals surface area contributed by atoms with Gasteiger partial charge in [0.15, 0.2) is 0 Å². The maximum absolute atomic E-state index is 12.5. The molecule has 0 saturated carbocycles. The van der Waals surface area contributed by atoms with Crippen LogP contribution >= 0.6 is 0 Å². The number of amides is 2. The molecule has 30 heavy (non-hydrogen) atoms. The molecule has 2 amide bonds. The highest BCUT2D eigenvalue weighted by atomic mass is 16.3. The molecule has 0 radical (unpaired) electrons. The predicted molar refractivity (Wildman–Crippen MR) is 117 cm³/mol. The first-order valence-corrected chi connectivity index (χ1v) is 10.1. The Morgan fingerprint density at radius 3 is 2.40 bits per heavy atom. The van der Waals surface area contributed by atoms with Crippen molar-refractivity contribution in [3.05, 3.63) is 89.9 Å². The number of furan rings is 1. The van der Waals surface area contributed by atoms with Gasteiger partial charge in [-0.3, -0.25) is 14.9 Å². The van der Waals surface area contributed by atoms with Crippen LogP contribution in [0.3, 0.4) is 0 Å². The molecule has 6 nitrogen and oxygen atoms in total. The smallest absolute Gasteiger partial charge is 0.253 e. The molecule has 1 heterocycles. The molecular formula is C24H27N3O3. The van der Waals surface area contributed by atoms with E-state index in [1.165, 1.54) is 0 Å².